The van der Waals surface area contributed by atoms with Crippen molar-refractivity contribution in [2.24, 2.45) is 0 Å². The maximum absolute atomic E-state index is 2.54. The lowest BCUT2D eigenvalue weighted by Gasteiger charge is -2.34. The van der Waals surface area contributed by atoms with Crippen molar-refractivity contribution >= 4 is 10.8 Å². The Morgan fingerprint density at radius 2 is 0.885 bits per heavy atom. The van der Waals surface area contributed by atoms with Gasteiger partial charge < -0.3 is 0 Å². The van der Waals surface area contributed by atoms with Gasteiger partial charge in [0.15, 0.2) is 0 Å². The van der Waals surface area contributed by atoms with Crippen LogP contribution in [0.1, 0.15) is 91.6 Å². The van der Waals surface area contributed by atoms with E-state index in [1.54, 1.807) is 0 Å². The predicted molar refractivity (Wildman–Crippen MR) is 222 cm³/mol. The van der Waals surface area contributed by atoms with E-state index < -0.39 is 0 Å². The van der Waals surface area contributed by atoms with Gasteiger partial charge >= 0.3 is 0 Å². The lowest BCUT2D eigenvalue weighted by molar-refractivity contribution is 0.578. The molecular formula is C52H46. The van der Waals surface area contributed by atoms with Crippen LogP contribution in [-0.2, 0) is 16.2 Å². The Kier molecular flexibility index (Phi) is 6.20. The molecule has 3 aliphatic rings. The second kappa shape index (κ2) is 10.2. The average molecular weight is 671 g/mol. The van der Waals surface area contributed by atoms with Crippen molar-refractivity contribution in [2.45, 2.75) is 78.6 Å². The lowest BCUT2D eigenvalue weighted by Crippen LogP contribution is -2.27. The highest BCUT2D eigenvalue weighted by atomic mass is 14.5. The summed E-state index contributed by atoms with van der Waals surface area (Å²) in [6, 6.07) is 43.8. The quantitative estimate of drug-likeness (QED) is 0.172. The van der Waals surface area contributed by atoms with Gasteiger partial charge in [-0.3, -0.25) is 0 Å². The first-order valence-corrected chi connectivity index (χ1v) is 19.0. The summed E-state index contributed by atoms with van der Waals surface area (Å²) in [5.41, 5.74) is 26.4. The van der Waals surface area contributed by atoms with Crippen LogP contribution in [0, 0.1) is 20.8 Å². The number of benzene rings is 7. The molecule has 52 heavy (non-hydrogen) atoms. The van der Waals surface area contributed by atoms with Crippen LogP contribution in [0.2, 0.25) is 0 Å². The normalized spacial score (nSPS) is 16.2. The van der Waals surface area contributed by atoms with Gasteiger partial charge in [-0.1, -0.05) is 156 Å². The van der Waals surface area contributed by atoms with E-state index >= 15 is 0 Å². The number of hydrogen-bond acceptors (Lipinski definition) is 0. The Morgan fingerprint density at radius 3 is 1.56 bits per heavy atom. The first kappa shape index (κ1) is 31.5. The van der Waals surface area contributed by atoms with Gasteiger partial charge in [-0.2, -0.15) is 0 Å². The van der Waals surface area contributed by atoms with Crippen LogP contribution in [0.15, 0.2) is 115 Å². The fraction of sp³-hybridized carbons (Fsp3) is 0.231. The highest BCUT2D eigenvalue weighted by Gasteiger charge is 2.51. The number of rotatable bonds is 2. The minimum absolute atomic E-state index is 0.0794. The second-order valence-electron chi connectivity index (χ2n) is 17.5. The summed E-state index contributed by atoms with van der Waals surface area (Å²) in [7, 11) is 0. The van der Waals surface area contributed by atoms with E-state index in [1.165, 1.54) is 116 Å². The van der Waals surface area contributed by atoms with Crippen LogP contribution in [0.5, 0.6) is 0 Å². The first-order valence-electron chi connectivity index (χ1n) is 19.0. The van der Waals surface area contributed by atoms with Gasteiger partial charge in [-0.25, -0.2) is 0 Å². The molecule has 0 saturated carbocycles. The molecule has 0 aromatic heterocycles. The third kappa shape index (κ3) is 3.88. The third-order valence-corrected chi connectivity index (χ3v) is 13.2. The van der Waals surface area contributed by atoms with Crippen molar-refractivity contribution < 1.29 is 0 Å². The largest absolute Gasteiger partial charge is 0.0622 e. The van der Waals surface area contributed by atoms with Gasteiger partial charge in [-0.05, 0) is 138 Å². The summed E-state index contributed by atoms with van der Waals surface area (Å²) in [6.45, 7) is 21.9. The second-order valence-corrected chi connectivity index (χ2v) is 17.5. The molecular weight excluding hydrogens is 625 g/mol. The van der Waals surface area contributed by atoms with Gasteiger partial charge in [0.1, 0.15) is 0 Å². The van der Waals surface area contributed by atoms with Gasteiger partial charge in [0.25, 0.3) is 0 Å². The van der Waals surface area contributed by atoms with Crippen molar-refractivity contribution in [1.29, 1.82) is 0 Å². The number of aryl methyl sites for hydroxylation is 3. The highest BCUT2D eigenvalue weighted by molar-refractivity contribution is 6.11. The minimum atomic E-state index is -0.184. The maximum Gasteiger partial charge on any atom is 0.0165 e. The van der Waals surface area contributed by atoms with Crippen LogP contribution in [0.3, 0.4) is 0 Å². The topological polar surface area (TPSA) is 0 Å². The summed E-state index contributed by atoms with van der Waals surface area (Å²) in [5.74, 6) is 0. The number of fused-ring (bicyclic) bond motifs is 13. The van der Waals surface area contributed by atoms with E-state index in [9.17, 15) is 0 Å². The Bertz CT molecular complexity index is 2690. The zero-order chi connectivity index (χ0) is 36.1. The Balaban J connectivity index is 1.21. The monoisotopic (exact) mass is 670 g/mol. The van der Waals surface area contributed by atoms with E-state index in [0.29, 0.717) is 0 Å². The van der Waals surface area contributed by atoms with Crippen molar-refractivity contribution in [3.63, 3.8) is 0 Å². The molecule has 0 fully saturated rings. The van der Waals surface area contributed by atoms with Crippen molar-refractivity contribution in [2.75, 3.05) is 0 Å². The van der Waals surface area contributed by atoms with Gasteiger partial charge in [0.2, 0.25) is 0 Å². The summed E-state index contributed by atoms with van der Waals surface area (Å²) in [5, 5.41) is 2.68. The smallest absolute Gasteiger partial charge is 0.0165 e. The van der Waals surface area contributed by atoms with Crippen LogP contribution < -0.4 is 0 Å². The van der Waals surface area contributed by atoms with Crippen LogP contribution in [-0.4, -0.2) is 0 Å². The molecule has 0 nitrogen and oxygen atoms in total. The van der Waals surface area contributed by atoms with Gasteiger partial charge in [-0.15, -0.1) is 0 Å². The summed E-state index contributed by atoms with van der Waals surface area (Å²) < 4.78 is 0. The fourth-order valence-electron chi connectivity index (χ4n) is 10.9. The molecule has 0 heteroatoms. The molecule has 3 aliphatic carbocycles. The maximum atomic E-state index is 2.54. The lowest BCUT2D eigenvalue weighted by atomic mass is 9.68. The number of hydrogen-bond donors (Lipinski definition) is 0. The fourth-order valence-corrected chi connectivity index (χ4v) is 10.9. The highest BCUT2D eigenvalue weighted by Crippen LogP contribution is 2.65. The molecule has 0 bridgehead atoms. The van der Waals surface area contributed by atoms with E-state index in [0.717, 1.165) is 0 Å². The van der Waals surface area contributed by atoms with Crippen LogP contribution in [0.25, 0.3) is 66.4 Å². The minimum Gasteiger partial charge on any atom is -0.0622 e. The van der Waals surface area contributed by atoms with Crippen molar-refractivity contribution in [3.8, 4) is 55.6 Å². The predicted octanol–water partition coefficient (Wildman–Crippen LogP) is 14.0. The molecule has 7 aromatic rings. The molecule has 0 unspecified atom stereocenters. The average Bonchev–Trinajstić information content (AvgIpc) is 3.60. The third-order valence-electron chi connectivity index (χ3n) is 13.2. The summed E-state index contributed by atoms with van der Waals surface area (Å²) >= 11 is 0. The van der Waals surface area contributed by atoms with E-state index in [1.807, 2.05) is 0 Å². The molecule has 0 amide bonds. The molecule has 10 rings (SSSR count). The van der Waals surface area contributed by atoms with E-state index in [-0.39, 0.29) is 16.2 Å². The van der Waals surface area contributed by atoms with Gasteiger partial charge in [0, 0.05) is 16.2 Å². The molecule has 0 atom stereocenters. The van der Waals surface area contributed by atoms with Crippen molar-refractivity contribution in [3.05, 3.63) is 165 Å². The molecule has 254 valence electrons. The Morgan fingerprint density at radius 1 is 0.346 bits per heavy atom. The van der Waals surface area contributed by atoms with E-state index in [4.69, 9.17) is 0 Å². The molecule has 0 heterocycles. The Labute approximate surface area is 309 Å². The summed E-state index contributed by atoms with van der Waals surface area (Å²) in [4.78, 5) is 0. The first-order chi connectivity index (χ1) is 24.8. The van der Waals surface area contributed by atoms with Crippen LogP contribution in [0.4, 0.5) is 0 Å². The van der Waals surface area contributed by atoms with Gasteiger partial charge in [0.05, 0.1) is 0 Å². The summed E-state index contributed by atoms with van der Waals surface area (Å²) in [6.07, 6.45) is 0. The SMILES string of the molecule is Cc1ccc2c(c1)C(C)(C)c1c-2c(C)cc2c1C(C)(C)c1c-2cc(C)c2c1C(C)(C)c1cc(-c3ccc(-c4ccccc4)cc3)c3ccccc3c1-2. The van der Waals surface area contributed by atoms with Crippen molar-refractivity contribution in [1.82, 2.24) is 0 Å². The standard InChI is InChI=1S/C52H46/c1-29-19-24-37-41(25-29)50(4,5)48-43(37)30(2)26-39-40-27-31(3)44-45-36-18-14-13-17-35(36)38(34-22-20-33(21-23-34)32-15-11-10-12-16-32)28-42(45)51(6,7)49(44)47(40)52(8,9)46(39)48/h10-28H,1-9H3. The Hall–Kier alpha value is -5.20. The molecule has 0 N–H and O–H groups in total. The zero-order valence-electron chi connectivity index (χ0n) is 32.0. The molecule has 0 saturated heterocycles. The molecule has 0 spiro atoms. The molecule has 0 radical (unpaired) electrons. The molecule has 0 aliphatic heterocycles. The van der Waals surface area contributed by atoms with Crippen LogP contribution >= 0.6 is 0 Å². The zero-order valence-corrected chi connectivity index (χ0v) is 32.0. The molecule has 7 aromatic carbocycles. The van der Waals surface area contributed by atoms with E-state index in [2.05, 4.69) is 178 Å².